The highest BCUT2D eigenvalue weighted by molar-refractivity contribution is 7.16. The molecule has 3 saturated heterocycles. The molecular formula is C18H21N3O2S. The van der Waals surface area contributed by atoms with Gasteiger partial charge in [-0.15, -0.1) is 11.3 Å². The second kappa shape index (κ2) is 6.18. The number of benzene rings is 1. The molecule has 1 aromatic heterocycles. The summed E-state index contributed by atoms with van der Waals surface area (Å²) in [5, 5.41) is 13.8. The lowest BCUT2D eigenvalue weighted by Crippen LogP contribution is -2.62. The maximum absolute atomic E-state index is 12.6. The summed E-state index contributed by atoms with van der Waals surface area (Å²) in [6, 6.07) is 7.68. The average molecular weight is 343 g/mol. The van der Waals surface area contributed by atoms with E-state index in [0.29, 0.717) is 27.4 Å². The van der Waals surface area contributed by atoms with Gasteiger partial charge in [-0.1, -0.05) is 12.1 Å². The Morgan fingerprint density at radius 2 is 2.08 bits per heavy atom. The van der Waals surface area contributed by atoms with Gasteiger partial charge in [0.2, 0.25) is 0 Å². The van der Waals surface area contributed by atoms with Crippen LogP contribution >= 0.6 is 11.3 Å². The van der Waals surface area contributed by atoms with Gasteiger partial charge in [0.15, 0.2) is 0 Å². The standard InChI is InChI=1S/C18H21N3O2S/c1-11-16(12-6-8-21(11)9-7-12)20-17(23)15-10-19-18(24-15)13-4-2-3-5-14(13)22/h2-5,10-12,16,22H,6-9H2,1H3,(H,20,23). The summed E-state index contributed by atoms with van der Waals surface area (Å²) in [5.41, 5.74) is 0.665. The summed E-state index contributed by atoms with van der Waals surface area (Å²) in [4.78, 5) is 20.0. The molecule has 0 spiro atoms. The molecule has 6 heteroatoms. The highest BCUT2D eigenvalue weighted by atomic mass is 32.1. The third-order valence-electron chi connectivity index (χ3n) is 5.34. The molecule has 2 atom stereocenters. The number of fused-ring (bicyclic) bond motifs is 3. The quantitative estimate of drug-likeness (QED) is 0.899. The van der Waals surface area contributed by atoms with Crippen LogP contribution in [-0.4, -0.2) is 46.1 Å². The molecule has 0 saturated carbocycles. The second-order valence-electron chi connectivity index (χ2n) is 6.66. The molecule has 2 bridgehead atoms. The van der Waals surface area contributed by atoms with E-state index >= 15 is 0 Å². The number of carbonyl (C=O) groups is 1. The van der Waals surface area contributed by atoms with Crippen LogP contribution < -0.4 is 5.32 Å². The zero-order chi connectivity index (χ0) is 16.7. The number of amides is 1. The molecule has 4 heterocycles. The lowest BCUT2D eigenvalue weighted by Gasteiger charge is -2.49. The fourth-order valence-electron chi connectivity index (χ4n) is 3.93. The molecule has 3 aliphatic rings. The zero-order valence-corrected chi connectivity index (χ0v) is 14.4. The van der Waals surface area contributed by atoms with Crippen molar-refractivity contribution in [2.75, 3.05) is 13.1 Å². The van der Waals surface area contributed by atoms with Crippen LogP contribution in [0.25, 0.3) is 10.6 Å². The fourth-order valence-corrected chi connectivity index (χ4v) is 4.78. The average Bonchev–Trinajstić information content (AvgIpc) is 3.09. The van der Waals surface area contributed by atoms with Gasteiger partial charge in [-0.2, -0.15) is 0 Å². The van der Waals surface area contributed by atoms with E-state index in [1.54, 1.807) is 18.3 Å². The number of hydrogen-bond acceptors (Lipinski definition) is 5. The molecule has 0 aliphatic carbocycles. The van der Waals surface area contributed by atoms with Gasteiger partial charge < -0.3 is 10.4 Å². The van der Waals surface area contributed by atoms with Crippen LogP contribution in [0.1, 0.15) is 29.4 Å². The Hall–Kier alpha value is -1.92. The van der Waals surface area contributed by atoms with Gasteiger partial charge in [0, 0.05) is 12.1 Å². The summed E-state index contributed by atoms with van der Waals surface area (Å²) < 4.78 is 0. The van der Waals surface area contributed by atoms with Crippen LogP contribution in [0.4, 0.5) is 0 Å². The normalized spacial score (nSPS) is 28.7. The van der Waals surface area contributed by atoms with Crippen molar-refractivity contribution in [2.45, 2.75) is 31.8 Å². The van der Waals surface area contributed by atoms with Gasteiger partial charge in [0.1, 0.15) is 15.6 Å². The van der Waals surface area contributed by atoms with Gasteiger partial charge in [0.25, 0.3) is 5.91 Å². The number of piperidine rings is 3. The van der Waals surface area contributed by atoms with Crippen molar-refractivity contribution in [2.24, 2.45) is 5.92 Å². The van der Waals surface area contributed by atoms with Gasteiger partial charge in [-0.25, -0.2) is 4.98 Å². The third kappa shape index (κ3) is 2.70. The number of nitrogens with one attached hydrogen (secondary N) is 1. The molecule has 1 aromatic carbocycles. The highest BCUT2D eigenvalue weighted by Gasteiger charge is 2.40. The molecule has 5 nitrogen and oxygen atoms in total. The van der Waals surface area contributed by atoms with E-state index in [4.69, 9.17) is 0 Å². The van der Waals surface area contributed by atoms with Gasteiger partial charge >= 0.3 is 0 Å². The lowest BCUT2D eigenvalue weighted by atomic mass is 9.79. The number of thiazole rings is 1. The number of aromatic nitrogens is 1. The SMILES string of the molecule is CC1C(NC(=O)c2cnc(-c3ccccc3O)s2)C2CCN1CC2. The molecule has 1 amide bonds. The van der Waals surface area contributed by atoms with Crippen LogP contribution in [-0.2, 0) is 0 Å². The first kappa shape index (κ1) is 15.6. The van der Waals surface area contributed by atoms with Crippen molar-refractivity contribution < 1.29 is 9.90 Å². The lowest BCUT2D eigenvalue weighted by molar-refractivity contribution is 0.0218. The Morgan fingerprint density at radius 3 is 2.79 bits per heavy atom. The van der Waals surface area contributed by atoms with E-state index in [0.717, 1.165) is 13.1 Å². The largest absolute Gasteiger partial charge is 0.507 e. The van der Waals surface area contributed by atoms with E-state index in [-0.39, 0.29) is 17.7 Å². The molecule has 2 aromatic rings. The minimum Gasteiger partial charge on any atom is -0.507 e. The number of para-hydroxylation sites is 1. The van der Waals surface area contributed by atoms with Crippen LogP contribution in [0.2, 0.25) is 0 Å². The zero-order valence-electron chi connectivity index (χ0n) is 13.6. The summed E-state index contributed by atoms with van der Waals surface area (Å²) in [6.45, 7) is 4.50. The summed E-state index contributed by atoms with van der Waals surface area (Å²) in [6.07, 6.45) is 3.94. The Morgan fingerprint density at radius 1 is 1.33 bits per heavy atom. The van der Waals surface area contributed by atoms with E-state index in [9.17, 15) is 9.90 Å². The van der Waals surface area contributed by atoms with E-state index in [2.05, 4.69) is 22.1 Å². The Balaban J connectivity index is 1.51. The first-order chi connectivity index (χ1) is 11.6. The van der Waals surface area contributed by atoms with E-state index in [1.807, 2.05) is 12.1 Å². The molecule has 5 rings (SSSR count). The summed E-state index contributed by atoms with van der Waals surface area (Å²) in [5.74, 6) is 0.712. The number of rotatable bonds is 3. The van der Waals surface area contributed by atoms with Gasteiger partial charge in [-0.05, 0) is 50.9 Å². The molecule has 3 aliphatic heterocycles. The molecular weight excluding hydrogens is 322 g/mol. The number of nitrogens with zero attached hydrogens (tertiary/aromatic N) is 2. The van der Waals surface area contributed by atoms with Gasteiger partial charge in [-0.3, -0.25) is 9.69 Å². The van der Waals surface area contributed by atoms with Gasteiger partial charge in [0.05, 0.1) is 11.8 Å². The summed E-state index contributed by atoms with van der Waals surface area (Å²) >= 11 is 1.32. The van der Waals surface area contributed by atoms with Crippen molar-refractivity contribution in [3.8, 4) is 16.3 Å². The van der Waals surface area contributed by atoms with Crippen LogP contribution in [0.5, 0.6) is 5.75 Å². The predicted octanol–water partition coefficient (Wildman–Crippen LogP) is 2.73. The van der Waals surface area contributed by atoms with E-state index < -0.39 is 0 Å². The number of hydrogen-bond donors (Lipinski definition) is 2. The Labute approximate surface area is 145 Å². The molecule has 3 fully saturated rings. The second-order valence-corrected chi connectivity index (χ2v) is 7.69. The maximum Gasteiger partial charge on any atom is 0.263 e. The van der Waals surface area contributed by atoms with Crippen molar-refractivity contribution in [3.05, 3.63) is 35.3 Å². The van der Waals surface area contributed by atoms with Crippen molar-refractivity contribution in [3.63, 3.8) is 0 Å². The van der Waals surface area contributed by atoms with Crippen molar-refractivity contribution >= 4 is 17.2 Å². The smallest absolute Gasteiger partial charge is 0.263 e. The molecule has 24 heavy (non-hydrogen) atoms. The first-order valence-electron chi connectivity index (χ1n) is 8.42. The number of aromatic hydroxyl groups is 1. The van der Waals surface area contributed by atoms with Crippen LogP contribution in [0, 0.1) is 5.92 Å². The molecule has 2 N–H and O–H groups in total. The maximum atomic E-state index is 12.6. The van der Waals surface area contributed by atoms with Crippen molar-refractivity contribution in [1.29, 1.82) is 0 Å². The van der Waals surface area contributed by atoms with E-state index in [1.165, 1.54) is 24.2 Å². The molecule has 0 radical (unpaired) electrons. The monoisotopic (exact) mass is 343 g/mol. The summed E-state index contributed by atoms with van der Waals surface area (Å²) in [7, 11) is 0. The van der Waals surface area contributed by atoms with Crippen LogP contribution in [0.15, 0.2) is 30.5 Å². The van der Waals surface area contributed by atoms with Crippen molar-refractivity contribution in [1.82, 2.24) is 15.2 Å². The molecule has 2 unspecified atom stereocenters. The Kier molecular flexibility index (Phi) is 4.02. The third-order valence-corrected chi connectivity index (χ3v) is 6.37. The molecule has 126 valence electrons. The number of phenols is 1. The number of carbonyl (C=O) groups excluding carboxylic acids is 1. The Bertz CT molecular complexity index is 750. The minimum absolute atomic E-state index is 0.0558. The fraction of sp³-hybridized carbons (Fsp3) is 0.444. The highest BCUT2D eigenvalue weighted by Crippen LogP contribution is 2.34. The van der Waals surface area contributed by atoms with Crippen LogP contribution in [0.3, 0.4) is 0 Å². The first-order valence-corrected chi connectivity index (χ1v) is 9.24. The topological polar surface area (TPSA) is 65.5 Å². The minimum atomic E-state index is -0.0558. The number of phenolic OH excluding ortho intramolecular Hbond substituents is 1. The predicted molar refractivity (Wildman–Crippen MR) is 94.2 cm³/mol.